The van der Waals surface area contributed by atoms with Crippen LogP contribution in [0.5, 0.6) is 5.75 Å². The van der Waals surface area contributed by atoms with Gasteiger partial charge in [-0.2, -0.15) is 0 Å². The topological polar surface area (TPSA) is 102 Å². The van der Waals surface area contributed by atoms with Gasteiger partial charge in [-0.05, 0) is 18.4 Å². The number of nitrogens with one attached hydrogen (secondary N) is 1. The molecule has 0 unspecified atom stereocenters. The minimum Gasteiger partial charge on any atom is -0.502 e. The van der Waals surface area contributed by atoms with Crippen LogP contribution in [-0.4, -0.2) is 35.2 Å². The maximum Gasteiger partial charge on any atom is 0.311 e. The van der Waals surface area contributed by atoms with Gasteiger partial charge in [-0.3, -0.25) is 14.9 Å². The van der Waals surface area contributed by atoms with Crippen LogP contribution in [0.15, 0.2) is 18.2 Å². The Morgan fingerprint density at radius 2 is 2.27 bits per heavy atom. The number of rotatable bonds is 5. The van der Waals surface area contributed by atoms with Gasteiger partial charge in [0.1, 0.15) is 0 Å². The summed E-state index contributed by atoms with van der Waals surface area (Å²) in [6.07, 6.45) is 0.961. The van der Waals surface area contributed by atoms with Crippen LogP contribution >= 0.6 is 0 Å². The number of hydrogen-bond donors (Lipinski definition) is 2. The molecule has 1 aliphatic rings. The second-order valence-electron chi connectivity index (χ2n) is 5.77. The number of aromatic hydroxyl groups is 1. The van der Waals surface area contributed by atoms with E-state index in [-0.39, 0.29) is 17.6 Å². The summed E-state index contributed by atoms with van der Waals surface area (Å²) in [6, 6.07) is 3.90. The van der Waals surface area contributed by atoms with Gasteiger partial charge in [-0.15, -0.1) is 0 Å². The fraction of sp³-hybridized carbons (Fsp3) is 0.533. The number of carbonyl (C=O) groups excluding carboxylic acids is 1. The molecule has 0 radical (unpaired) electrons. The average molecular weight is 308 g/mol. The summed E-state index contributed by atoms with van der Waals surface area (Å²) >= 11 is 0. The summed E-state index contributed by atoms with van der Waals surface area (Å²) < 4.78 is 5.65. The first-order valence-corrected chi connectivity index (χ1v) is 7.28. The van der Waals surface area contributed by atoms with E-state index >= 15 is 0 Å². The molecule has 0 spiro atoms. The van der Waals surface area contributed by atoms with Crippen LogP contribution in [0.4, 0.5) is 5.69 Å². The number of carbonyl (C=O) groups is 1. The zero-order valence-electron chi connectivity index (χ0n) is 12.6. The average Bonchev–Trinajstić information content (AvgIpc) is 2.93. The van der Waals surface area contributed by atoms with E-state index in [4.69, 9.17) is 4.74 Å². The molecule has 2 atom stereocenters. The fourth-order valence-corrected chi connectivity index (χ4v) is 2.79. The molecule has 0 aliphatic carbocycles. The second-order valence-corrected chi connectivity index (χ2v) is 5.77. The largest absolute Gasteiger partial charge is 0.502 e. The molecule has 0 saturated carbocycles. The van der Waals surface area contributed by atoms with E-state index in [9.17, 15) is 20.0 Å². The highest BCUT2D eigenvalue weighted by Crippen LogP contribution is 2.30. The van der Waals surface area contributed by atoms with Gasteiger partial charge >= 0.3 is 5.69 Å². The monoisotopic (exact) mass is 308 g/mol. The lowest BCUT2D eigenvalue weighted by Gasteiger charge is -2.22. The number of phenols is 1. The van der Waals surface area contributed by atoms with Gasteiger partial charge in [-0.25, -0.2) is 0 Å². The van der Waals surface area contributed by atoms with Crippen molar-refractivity contribution in [3.8, 4) is 5.75 Å². The van der Waals surface area contributed by atoms with Gasteiger partial charge in [-0.1, -0.05) is 19.9 Å². The van der Waals surface area contributed by atoms with Gasteiger partial charge in [0.05, 0.1) is 16.6 Å². The molecule has 120 valence electrons. The van der Waals surface area contributed by atoms with Crippen molar-refractivity contribution in [3.63, 3.8) is 0 Å². The van der Waals surface area contributed by atoms with Crippen molar-refractivity contribution in [2.75, 3.05) is 13.2 Å². The van der Waals surface area contributed by atoms with Crippen molar-refractivity contribution in [2.24, 2.45) is 11.8 Å². The molecular weight excluding hydrogens is 288 g/mol. The quantitative estimate of drug-likeness (QED) is 0.640. The summed E-state index contributed by atoms with van der Waals surface area (Å²) in [7, 11) is 0. The van der Waals surface area contributed by atoms with Crippen molar-refractivity contribution < 1.29 is 19.6 Å². The predicted molar refractivity (Wildman–Crippen MR) is 79.8 cm³/mol. The lowest BCUT2D eigenvalue weighted by Crippen LogP contribution is -2.34. The number of para-hydroxylation sites is 1. The summed E-state index contributed by atoms with van der Waals surface area (Å²) in [5, 5.41) is 23.3. The highest BCUT2D eigenvalue weighted by atomic mass is 16.6. The number of hydrogen-bond acceptors (Lipinski definition) is 5. The third kappa shape index (κ3) is 3.36. The molecule has 0 aromatic heterocycles. The van der Waals surface area contributed by atoms with E-state index in [1.807, 2.05) is 0 Å². The van der Waals surface area contributed by atoms with Gasteiger partial charge in [0.15, 0.2) is 0 Å². The smallest absolute Gasteiger partial charge is 0.311 e. The Morgan fingerprint density at radius 3 is 2.91 bits per heavy atom. The molecule has 7 heteroatoms. The third-order valence-electron chi connectivity index (χ3n) is 3.90. The summed E-state index contributed by atoms with van der Waals surface area (Å²) in [6.45, 7) is 5.23. The molecule has 2 rings (SSSR count). The first kappa shape index (κ1) is 16.2. The number of nitro benzene ring substituents is 1. The van der Waals surface area contributed by atoms with E-state index in [0.717, 1.165) is 12.5 Å². The van der Waals surface area contributed by atoms with E-state index in [2.05, 4.69) is 19.2 Å². The van der Waals surface area contributed by atoms with Gasteiger partial charge in [0, 0.05) is 25.1 Å². The number of nitrogens with zero attached hydrogens (tertiary/aromatic N) is 1. The van der Waals surface area contributed by atoms with Crippen LogP contribution in [0.2, 0.25) is 0 Å². The maximum absolute atomic E-state index is 12.1. The Balaban J connectivity index is 2.04. The molecule has 1 heterocycles. The SMILES string of the molecule is CC(C)[C@H]1OCC[C@H]1CNC(=O)c1cccc([N+](=O)[O-])c1O. The standard InChI is InChI=1S/C15H20N2O5/c1-9(2)14-10(6-7-22-14)8-16-15(19)11-4-3-5-12(13(11)18)17(20)21/h3-5,9-10,14,18H,6-8H2,1-2H3,(H,16,19)/t10-,14+/m0/s1. The van der Waals surface area contributed by atoms with Crippen LogP contribution in [0.25, 0.3) is 0 Å². The van der Waals surface area contributed by atoms with Gasteiger partial charge in [0.25, 0.3) is 5.91 Å². The zero-order valence-corrected chi connectivity index (χ0v) is 12.6. The van der Waals surface area contributed by atoms with Crippen molar-refractivity contribution in [1.29, 1.82) is 0 Å². The number of nitro groups is 1. The van der Waals surface area contributed by atoms with E-state index in [1.165, 1.54) is 12.1 Å². The van der Waals surface area contributed by atoms with Crippen LogP contribution in [0.3, 0.4) is 0 Å². The molecule has 1 fully saturated rings. The number of phenolic OH excluding ortho intramolecular Hbond substituents is 1. The molecule has 2 N–H and O–H groups in total. The van der Waals surface area contributed by atoms with Crippen LogP contribution in [0.1, 0.15) is 30.6 Å². The minimum atomic E-state index is -0.717. The first-order valence-electron chi connectivity index (χ1n) is 7.28. The Bertz CT molecular complexity index is 573. The minimum absolute atomic E-state index is 0.0887. The molecule has 1 aliphatic heterocycles. The van der Waals surface area contributed by atoms with Crippen molar-refractivity contribution in [1.82, 2.24) is 5.32 Å². The van der Waals surface area contributed by atoms with Gasteiger partial charge < -0.3 is 15.2 Å². The molecule has 1 saturated heterocycles. The van der Waals surface area contributed by atoms with Crippen molar-refractivity contribution >= 4 is 11.6 Å². The lowest BCUT2D eigenvalue weighted by atomic mass is 9.93. The summed E-state index contributed by atoms with van der Waals surface area (Å²) in [5.41, 5.74) is -0.564. The van der Waals surface area contributed by atoms with Gasteiger partial charge in [0.2, 0.25) is 5.75 Å². The number of benzene rings is 1. The zero-order chi connectivity index (χ0) is 16.3. The van der Waals surface area contributed by atoms with E-state index in [1.54, 1.807) is 0 Å². The Kier molecular flexibility index (Phi) is 4.97. The number of amides is 1. The summed E-state index contributed by atoms with van der Waals surface area (Å²) in [5.74, 6) is -0.552. The van der Waals surface area contributed by atoms with Crippen LogP contribution in [0, 0.1) is 22.0 Å². The Labute approximate surface area is 128 Å². The Hall–Kier alpha value is -2.15. The predicted octanol–water partition coefficient (Wildman–Crippen LogP) is 2.09. The molecule has 1 aromatic rings. The second kappa shape index (κ2) is 6.74. The van der Waals surface area contributed by atoms with Crippen molar-refractivity contribution in [3.05, 3.63) is 33.9 Å². The molecule has 7 nitrogen and oxygen atoms in total. The van der Waals surface area contributed by atoms with E-state index in [0.29, 0.717) is 19.1 Å². The lowest BCUT2D eigenvalue weighted by molar-refractivity contribution is -0.385. The highest BCUT2D eigenvalue weighted by molar-refractivity contribution is 5.98. The molecular formula is C15H20N2O5. The maximum atomic E-state index is 12.1. The molecule has 1 amide bonds. The van der Waals surface area contributed by atoms with Crippen LogP contribution in [-0.2, 0) is 4.74 Å². The molecule has 22 heavy (non-hydrogen) atoms. The third-order valence-corrected chi connectivity index (χ3v) is 3.90. The molecule has 1 aromatic carbocycles. The first-order chi connectivity index (χ1) is 10.4. The Morgan fingerprint density at radius 1 is 1.55 bits per heavy atom. The molecule has 0 bridgehead atoms. The highest BCUT2D eigenvalue weighted by Gasteiger charge is 2.31. The van der Waals surface area contributed by atoms with E-state index < -0.39 is 22.3 Å². The van der Waals surface area contributed by atoms with Crippen molar-refractivity contribution in [2.45, 2.75) is 26.4 Å². The van der Waals surface area contributed by atoms with Crippen LogP contribution < -0.4 is 5.32 Å². The summed E-state index contributed by atoms with van der Waals surface area (Å²) in [4.78, 5) is 22.2. The number of ether oxygens (including phenoxy) is 1. The fourth-order valence-electron chi connectivity index (χ4n) is 2.79. The normalized spacial score (nSPS) is 21.0.